The van der Waals surface area contributed by atoms with Gasteiger partial charge < -0.3 is 19.9 Å². The molecule has 1 atom stereocenters. The third-order valence-corrected chi connectivity index (χ3v) is 5.50. The van der Waals surface area contributed by atoms with Gasteiger partial charge in [-0.05, 0) is 60.4 Å². The summed E-state index contributed by atoms with van der Waals surface area (Å²) in [5, 5.41) is 12.4. The summed E-state index contributed by atoms with van der Waals surface area (Å²) in [5.41, 5.74) is 1.91. The van der Waals surface area contributed by atoms with Crippen molar-refractivity contribution in [1.82, 2.24) is 5.32 Å². The van der Waals surface area contributed by atoms with Gasteiger partial charge in [-0.1, -0.05) is 36.7 Å². The number of rotatable bonds is 10. The van der Waals surface area contributed by atoms with E-state index in [0.29, 0.717) is 29.9 Å². The summed E-state index contributed by atoms with van der Waals surface area (Å²) in [6.07, 6.45) is 0.822. The van der Waals surface area contributed by atoms with Crippen LogP contribution in [0.5, 0.6) is 17.2 Å². The predicted molar refractivity (Wildman–Crippen MR) is 127 cm³/mol. The van der Waals surface area contributed by atoms with Gasteiger partial charge in [-0.2, -0.15) is 0 Å². The minimum absolute atomic E-state index is 0.238. The number of aliphatic carboxylic acids is 1. The highest BCUT2D eigenvalue weighted by Gasteiger charge is 2.18. The van der Waals surface area contributed by atoms with Crippen LogP contribution in [0.25, 0.3) is 0 Å². The Morgan fingerprint density at radius 2 is 1.74 bits per heavy atom. The van der Waals surface area contributed by atoms with Crippen molar-refractivity contribution in [2.45, 2.75) is 26.3 Å². The number of carbonyl (C=O) groups is 2. The number of carboxylic acid groups (broad SMARTS) is 1. The number of hydrogen-bond donors (Lipinski definition) is 2. The Morgan fingerprint density at radius 1 is 1.03 bits per heavy atom. The average molecular weight is 486 g/mol. The van der Waals surface area contributed by atoms with Gasteiger partial charge in [0.1, 0.15) is 23.1 Å². The normalized spacial score (nSPS) is 11.5. The summed E-state index contributed by atoms with van der Waals surface area (Å²) >= 11 is 5.84. The monoisotopic (exact) mass is 485 g/mol. The molecule has 178 valence electrons. The molecule has 1 amide bonds. The van der Waals surface area contributed by atoms with Crippen LogP contribution in [0.15, 0.2) is 60.7 Å². The quantitative estimate of drug-likeness (QED) is 0.375. The Labute approximate surface area is 202 Å². The maximum absolute atomic E-state index is 13.5. The zero-order valence-corrected chi connectivity index (χ0v) is 19.6. The molecule has 3 rings (SSSR count). The topological polar surface area (TPSA) is 84.9 Å². The second-order valence-electron chi connectivity index (χ2n) is 7.72. The molecule has 0 aliphatic carbocycles. The first-order chi connectivity index (χ1) is 16.3. The van der Waals surface area contributed by atoms with Crippen molar-refractivity contribution in [3.63, 3.8) is 0 Å². The molecule has 6 nitrogen and oxygen atoms in total. The number of carboxylic acids is 1. The average Bonchev–Trinajstić information content (AvgIpc) is 2.81. The Balaban J connectivity index is 1.65. The number of carbonyl (C=O) groups excluding carboxylic acids is 1. The van der Waals surface area contributed by atoms with E-state index in [1.54, 1.807) is 42.5 Å². The predicted octanol–water partition coefficient (Wildman–Crippen LogP) is 5.86. The molecule has 8 heteroatoms. The fourth-order valence-electron chi connectivity index (χ4n) is 3.43. The summed E-state index contributed by atoms with van der Waals surface area (Å²) in [6, 6.07) is 16.0. The third kappa shape index (κ3) is 6.71. The fraction of sp³-hybridized carbons (Fsp3) is 0.231. The van der Waals surface area contributed by atoms with Crippen molar-refractivity contribution in [3.05, 3.63) is 88.2 Å². The lowest BCUT2D eigenvalue weighted by Crippen LogP contribution is -2.24. The van der Waals surface area contributed by atoms with Crippen LogP contribution < -0.4 is 14.8 Å². The van der Waals surface area contributed by atoms with Crippen molar-refractivity contribution < 1.29 is 28.6 Å². The molecule has 0 aromatic heterocycles. The van der Waals surface area contributed by atoms with E-state index in [2.05, 4.69) is 5.32 Å². The molecule has 0 radical (unpaired) electrons. The zero-order chi connectivity index (χ0) is 24.7. The maximum atomic E-state index is 13.5. The molecule has 0 fully saturated rings. The summed E-state index contributed by atoms with van der Waals surface area (Å²) in [7, 11) is 1.47. The van der Waals surface area contributed by atoms with Crippen LogP contribution in [0.4, 0.5) is 4.39 Å². The number of halogens is 2. The Morgan fingerprint density at radius 3 is 2.35 bits per heavy atom. The van der Waals surface area contributed by atoms with Crippen molar-refractivity contribution in [2.75, 3.05) is 7.11 Å². The second-order valence-corrected chi connectivity index (χ2v) is 8.15. The van der Waals surface area contributed by atoms with E-state index < -0.39 is 17.7 Å². The van der Waals surface area contributed by atoms with E-state index in [1.807, 2.05) is 6.92 Å². The highest BCUT2D eigenvalue weighted by Crippen LogP contribution is 2.26. The van der Waals surface area contributed by atoms with Gasteiger partial charge >= 0.3 is 5.97 Å². The van der Waals surface area contributed by atoms with Crippen LogP contribution >= 0.6 is 11.6 Å². The van der Waals surface area contributed by atoms with E-state index in [9.17, 15) is 19.1 Å². The SMILES string of the molecule is CC[C@@H](Cc1ccc(OC)c(C(=O)NCc2ccc(Oc3cc(F)cc(Cl)c3)cc2)c1)C(=O)O. The minimum atomic E-state index is -0.864. The first kappa shape index (κ1) is 25.1. The lowest BCUT2D eigenvalue weighted by Gasteiger charge is -2.14. The van der Waals surface area contributed by atoms with Gasteiger partial charge in [-0.15, -0.1) is 0 Å². The van der Waals surface area contributed by atoms with Crippen LogP contribution in [0.1, 0.15) is 34.8 Å². The standard InChI is InChI=1S/C26H25ClFNO5/c1-3-18(26(31)32)10-17-6-9-24(33-2)23(11-17)25(30)29-15-16-4-7-21(8-5-16)34-22-13-19(27)12-20(28)14-22/h4-9,11-14,18H,3,10,15H2,1-2H3,(H,29,30)(H,31,32)/t18-/m0/s1. The molecular weight excluding hydrogens is 461 g/mol. The number of ether oxygens (including phenoxy) is 2. The smallest absolute Gasteiger partial charge is 0.306 e. The zero-order valence-electron chi connectivity index (χ0n) is 18.8. The largest absolute Gasteiger partial charge is 0.496 e. The van der Waals surface area contributed by atoms with Gasteiger partial charge in [0.25, 0.3) is 5.91 Å². The molecule has 2 N–H and O–H groups in total. The Bertz CT molecular complexity index is 1150. The molecule has 0 aliphatic rings. The van der Waals surface area contributed by atoms with Crippen molar-refractivity contribution in [2.24, 2.45) is 5.92 Å². The molecule has 0 bridgehead atoms. The lowest BCUT2D eigenvalue weighted by atomic mass is 9.95. The number of nitrogens with one attached hydrogen (secondary N) is 1. The summed E-state index contributed by atoms with van der Waals surface area (Å²) < 4.78 is 24.4. The van der Waals surface area contributed by atoms with Crippen molar-refractivity contribution in [1.29, 1.82) is 0 Å². The van der Waals surface area contributed by atoms with Crippen molar-refractivity contribution in [3.8, 4) is 17.2 Å². The van der Waals surface area contributed by atoms with Crippen LogP contribution in [0.3, 0.4) is 0 Å². The van der Waals surface area contributed by atoms with Crippen LogP contribution in [0.2, 0.25) is 5.02 Å². The van der Waals surface area contributed by atoms with Gasteiger partial charge in [0.2, 0.25) is 0 Å². The summed E-state index contributed by atoms with van der Waals surface area (Å²) in [4.78, 5) is 24.2. The van der Waals surface area contributed by atoms with Gasteiger partial charge in [0.05, 0.1) is 18.6 Å². The van der Waals surface area contributed by atoms with Gasteiger partial charge in [-0.3, -0.25) is 9.59 Å². The lowest BCUT2D eigenvalue weighted by molar-refractivity contribution is -0.141. The van der Waals surface area contributed by atoms with Gasteiger partial charge in [0, 0.05) is 17.6 Å². The molecule has 0 unspecified atom stereocenters. The fourth-order valence-corrected chi connectivity index (χ4v) is 3.64. The van der Waals surface area contributed by atoms with E-state index >= 15 is 0 Å². The third-order valence-electron chi connectivity index (χ3n) is 5.28. The minimum Gasteiger partial charge on any atom is -0.496 e. The van der Waals surface area contributed by atoms with E-state index in [0.717, 1.165) is 11.1 Å². The molecule has 3 aromatic carbocycles. The number of methoxy groups -OCH3 is 1. The number of benzene rings is 3. The molecule has 34 heavy (non-hydrogen) atoms. The van der Waals surface area contributed by atoms with E-state index in [4.69, 9.17) is 21.1 Å². The first-order valence-electron chi connectivity index (χ1n) is 10.7. The molecule has 0 aliphatic heterocycles. The van der Waals surface area contributed by atoms with Crippen LogP contribution in [-0.2, 0) is 17.8 Å². The number of amides is 1. The molecule has 0 heterocycles. The Hall–Kier alpha value is -3.58. The first-order valence-corrected chi connectivity index (χ1v) is 11.1. The molecular formula is C26H25ClFNO5. The van der Waals surface area contributed by atoms with Crippen LogP contribution in [0, 0.1) is 11.7 Å². The molecule has 0 saturated carbocycles. The second kappa shape index (κ2) is 11.5. The highest BCUT2D eigenvalue weighted by atomic mass is 35.5. The van der Waals surface area contributed by atoms with Gasteiger partial charge in [0.15, 0.2) is 0 Å². The molecule has 3 aromatic rings. The maximum Gasteiger partial charge on any atom is 0.306 e. The number of hydrogen-bond acceptors (Lipinski definition) is 4. The molecule has 0 spiro atoms. The van der Waals surface area contributed by atoms with Crippen LogP contribution in [-0.4, -0.2) is 24.1 Å². The van der Waals surface area contributed by atoms with E-state index in [1.165, 1.54) is 25.3 Å². The van der Waals surface area contributed by atoms with Crippen molar-refractivity contribution >= 4 is 23.5 Å². The molecule has 0 saturated heterocycles. The summed E-state index contributed by atoms with van der Waals surface area (Å²) in [6.45, 7) is 2.07. The Kier molecular flexibility index (Phi) is 8.49. The summed E-state index contributed by atoms with van der Waals surface area (Å²) in [5.74, 6) is -1.03. The van der Waals surface area contributed by atoms with Gasteiger partial charge in [-0.25, -0.2) is 4.39 Å². The highest BCUT2D eigenvalue weighted by molar-refractivity contribution is 6.30. The van der Waals surface area contributed by atoms with E-state index in [-0.39, 0.29) is 23.2 Å².